The summed E-state index contributed by atoms with van der Waals surface area (Å²) in [6.07, 6.45) is 4.72. The normalized spacial score (nSPS) is 10.1. The van der Waals surface area contributed by atoms with Gasteiger partial charge in [-0.2, -0.15) is 5.10 Å². The number of hydrogen-bond acceptors (Lipinski definition) is 5. The fourth-order valence-corrected chi connectivity index (χ4v) is 1.22. The predicted octanol–water partition coefficient (Wildman–Crippen LogP) is 0.636. The number of carbonyl (C=O) groups is 1. The molecule has 2 heterocycles. The first kappa shape index (κ1) is 10.2. The number of hydrogen-bond donors (Lipinski definition) is 1. The molecule has 0 bridgehead atoms. The molecule has 0 aliphatic carbocycles. The van der Waals surface area contributed by atoms with Gasteiger partial charge in [-0.3, -0.25) is 0 Å². The quantitative estimate of drug-likeness (QED) is 0.748. The number of anilines is 1. The highest BCUT2D eigenvalue weighted by atomic mass is 16.5. The Labute approximate surface area is 91.7 Å². The van der Waals surface area contributed by atoms with Crippen LogP contribution in [0.4, 0.5) is 5.69 Å². The summed E-state index contributed by atoms with van der Waals surface area (Å²) in [7, 11) is 1.31. The minimum atomic E-state index is -0.466. The third-order valence-electron chi connectivity index (χ3n) is 2.01. The van der Waals surface area contributed by atoms with Gasteiger partial charge in [-0.1, -0.05) is 0 Å². The maximum atomic E-state index is 11.1. The lowest BCUT2D eigenvalue weighted by atomic mass is 10.3. The number of methoxy groups -OCH3 is 1. The average molecular weight is 218 g/mol. The van der Waals surface area contributed by atoms with Crippen LogP contribution in [0, 0.1) is 0 Å². The smallest absolute Gasteiger partial charge is 0.356 e. The minimum Gasteiger partial charge on any atom is -0.464 e. The molecule has 0 atom stereocenters. The van der Waals surface area contributed by atoms with Crippen molar-refractivity contribution in [2.75, 3.05) is 12.8 Å². The standard InChI is InChI=1S/C10H10N4O2/c1-16-10(15)9-3-2-8(5-12-9)14-6-7(11)4-13-14/h2-6H,11H2,1H3. The number of aromatic nitrogens is 3. The summed E-state index contributed by atoms with van der Waals surface area (Å²) >= 11 is 0. The summed E-state index contributed by atoms with van der Waals surface area (Å²) in [5, 5.41) is 4.02. The van der Waals surface area contributed by atoms with Crippen LogP contribution >= 0.6 is 0 Å². The maximum absolute atomic E-state index is 11.1. The Morgan fingerprint density at radius 2 is 2.25 bits per heavy atom. The van der Waals surface area contributed by atoms with E-state index >= 15 is 0 Å². The monoisotopic (exact) mass is 218 g/mol. The van der Waals surface area contributed by atoms with Gasteiger partial charge in [-0.25, -0.2) is 14.5 Å². The molecule has 2 aromatic rings. The molecule has 0 spiro atoms. The first-order valence-electron chi connectivity index (χ1n) is 4.55. The van der Waals surface area contributed by atoms with Crippen molar-refractivity contribution >= 4 is 11.7 Å². The van der Waals surface area contributed by atoms with Gasteiger partial charge in [-0.15, -0.1) is 0 Å². The van der Waals surface area contributed by atoms with E-state index in [4.69, 9.17) is 5.73 Å². The summed E-state index contributed by atoms with van der Waals surface area (Å²) < 4.78 is 6.11. The summed E-state index contributed by atoms with van der Waals surface area (Å²) in [6, 6.07) is 3.28. The number of nitrogen functional groups attached to an aromatic ring is 1. The van der Waals surface area contributed by atoms with Crippen molar-refractivity contribution in [1.29, 1.82) is 0 Å². The van der Waals surface area contributed by atoms with Crippen molar-refractivity contribution < 1.29 is 9.53 Å². The molecule has 16 heavy (non-hydrogen) atoms. The lowest BCUT2D eigenvalue weighted by Crippen LogP contribution is -2.05. The fraction of sp³-hybridized carbons (Fsp3) is 0.100. The average Bonchev–Trinajstić information content (AvgIpc) is 2.75. The van der Waals surface area contributed by atoms with Gasteiger partial charge in [0.25, 0.3) is 0 Å². The first-order chi connectivity index (χ1) is 7.70. The van der Waals surface area contributed by atoms with E-state index in [1.54, 1.807) is 23.0 Å². The lowest BCUT2D eigenvalue weighted by molar-refractivity contribution is 0.0594. The molecule has 0 unspecified atom stereocenters. The molecule has 0 saturated heterocycles. The number of esters is 1. The number of pyridine rings is 1. The predicted molar refractivity (Wildman–Crippen MR) is 57.1 cm³/mol. The van der Waals surface area contributed by atoms with Gasteiger partial charge in [0.1, 0.15) is 5.69 Å². The van der Waals surface area contributed by atoms with Gasteiger partial charge in [0, 0.05) is 0 Å². The molecule has 0 saturated carbocycles. The van der Waals surface area contributed by atoms with Crippen molar-refractivity contribution in [2.45, 2.75) is 0 Å². The van der Waals surface area contributed by atoms with E-state index in [0.717, 1.165) is 5.69 Å². The van der Waals surface area contributed by atoms with Gasteiger partial charge >= 0.3 is 5.97 Å². The second kappa shape index (κ2) is 4.01. The Kier molecular flexibility index (Phi) is 2.55. The van der Waals surface area contributed by atoms with E-state index in [2.05, 4.69) is 14.8 Å². The molecule has 0 aromatic carbocycles. The van der Waals surface area contributed by atoms with Gasteiger partial charge in [-0.05, 0) is 12.1 Å². The van der Waals surface area contributed by atoms with E-state index in [9.17, 15) is 4.79 Å². The van der Waals surface area contributed by atoms with Crippen LogP contribution in [-0.2, 0) is 4.74 Å². The SMILES string of the molecule is COC(=O)c1ccc(-n2cc(N)cn2)cn1. The fourth-order valence-electron chi connectivity index (χ4n) is 1.22. The van der Waals surface area contributed by atoms with Crippen LogP contribution in [0.5, 0.6) is 0 Å². The lowest BCUT2D eigenvalue weighted by Gasteiger charge is -2.01. The molecule has 2 rings (SSSR count). The minimum absolute atomic E-state index is 0.256. The topological polar surface area (TPSA) is 83.0 Å². The van der Waals surface area contributed by atoms with Crippen LogP contribution < -0.4 is 5.73 Å². The molecule has 2 aromatic heterocycles. The summed E-state index contributed by atoms with van der Waals surface area (Å²) in [6.45, 7) is 0. The Morgan fingerprint density at radius 1 is 1.44 bits per heavy atom. The van der Waals surface area contributed by atoms with Crippen LogP contribution in [0.1, 0.15) is 10.5 Å². The summed E-state index contributed by atoms with van der Waals surface area (Å²) in [5.41, 5.74) is 7.09. The molecule has 6 heteroatoms. The van der Waals surface area contributed by atoms with E-state index in [1.807, 2.05) is 0 Å². The summed E-state index contributed by atoms with van der Waals surface area (Å²) in [4.78, 5) is 15.1. The third-order valence-corrected chi connectivity index (χ3v) is 2.01. The van der Waals surface area contributed by atoms with Crippen molar-refractivity contribution in [3.8, 4) is 5.69 Å². The Morgan fingerprint density at radius 3 is 2.75 bits per heavy atom. The number of carbonyl (C=O) groups excluding carboxylic acids is 1. The van der Waals surface area contributed by atoms with Gasteiger partial charge < -0.3 is 10.5 Å². The van der Waals surface area contributed by atoms with Crippen molar-refractivity contribution in [3.63, 3.8) is 0 Å². The van der Waals surface area contributed by atoms with Gasteiger partial charge in [0.15, 0.2) is 0 Å². The molecule has 0 aliphatic heterocycles. The van der Waals surface area contributed by atoms with E-state index < -0.39 is 5.97 Å². The van der Waals surface area contributed by atoms with Crippen LogP contribution in [0.25, 0.3) is 5.69 Å². The zero-order chi connectivity index (χ0) is 11.5. The Hall–Kier alpha value is -2.37. The number of ether oxygens (including phenoxy) is 1. The zero-order valence-electron chi connectivity index (χ0n) is 8.62. The molecule has 0 radical (unpaired) electrons. The van der Waals surface area contributed by atoms with Crippen LogP contribution in [0.15, 0.2) is 30.7 Å². The van der Waals surface area contributed by atoms with Crippen LogP contribution in [-0.4, -0.2) is 27.8 Å². The molecule has 2 N–H and O–H groups in total. The molecule has 0 amide bonds. The van der Waals surface area contributed by atoms with Gasteiger partial charge in [0.05, 0.1) is 37.1 Å². The molecule has 0 aliphatic rings. The largest absolute Gasteiger partial charge is 0.464 e. The molecular weight excluding hydrogens is 208 g/mol. The first-order valence-corrected chi connectivity index (χ1v) is 4.55. The number of nitrogens with zero attached hydrogens (tertiary/aromatic N) is 3. The highest BCUT2D eigenvalue weighted by Gasteiger charge is 2.07. The van der Waals surface area contributed by atoms with E-state index in [1.165, 1.54) is 19.5 Å². The maximum Gasteiger partial charge on any atom is 0.356 e. The van der Waals surface area contributed by atoms with Crippen LogP contribution in [0.3, 0.4) is 0 Å². The van der Waals surface area contributed by atoms with Crippen molar-refractivity contribution in [1.82, 2.24) is 14.8 Å². The Balaban J connectivity index is 2.29. The van der Waals surface area contributed by atoms with Crippen molar-refractivity contribution in [3.05, 3.63) is 36.4 Å². The van der Waals surface area contributed by atoms with E-state index in [-0.39, 0.29) is 5.69 Å². The van der Waals surface area contributed by atoms with Crippen molar-refractivity contribution in [2.24, 2.45) is 0 Å². The number of nitrogens with two attached hydrogens (primary N) is 1. The summed E-state index contributed by atoms with van der Waals surface area (Å²) in [5.74, 6) is -0.466. The second-order valence-electron chi connectivity index (χ2n) is 3.11. The van der Waals surface area contributed by atoms with Gasteiger partial charge in [0.2, 0.25) is 0 Å². The molecular formula is C10H10N4O2. The molecule has 82 valence electrons. The number of rotatable bonds is 2. The molecule has 0 fully saturated rings. The zero-order valence-corrected chi connectivity index (χ0v) is 8.62. The van der Waals surface area contributed by atoms with E-state index in [0.29, 0.717) is 5.69 Å². The second-order valence-corrected chi connectivity index (χ2v) is 3.11. The van der Waals surface area contributed by atoms with Crippen LogP contribution in [0.2, 0.25) is 0 Å². The Bertz CT molecular complexity index is 504. The highest BCUT2D eigenvalue weighted by molar-refractivity contribution is 5.87. The third kappa shape index (κ3) is 1.85. The molecule has 6 nitrogen and oxygen atoms in total. The highest BCUT2D eigenvalue weighted by Crippen LogP contribution is 2.08.